The number of hydrogen-bond donors (Lipinski definition) is 1. The van der Waals surface area contributed by atoms with Crippen molar-refractivity contribution in [2.24, 2.45) is 11.3 Å². The average Bonchev–Trinajstić information content (AvgIpc) is 2.99. The van der Waals surface area contributed by atoms with E-state index in [0.29, 0.717) is 12.0 Å². The van der Waals surface area contributed by atoms with Crippen LogP contribution in [0.3, 0.4) is 0 Å². The van der Waals surface area contributed by atoms with Gasteiger partial charge in [0, 0.05) is 13.1 Å². The molecule has 1 aliphatic carbocycles. The second kappa shape index (κ2) is 6.24. The summed E-state index contributed by atoms with van der Waals surface area (Å²) >= 11 is 0. The van der Waals surface area contributed by atoms with E-state index in [1.54, 1.807) is 0 Å². The molecule has 0 heterocycles. The molecule has 0 saturated heterocycles. The van der Waals surface area contributed by atoms with Gasteiger partial charge in [-0.25, -0.2) is 0 Å². The van der Waals surface area contributed by atoms with Gasteiger partial charge < -0.3 is 10.1 Å². The lowest BCUT2D eigenvalue weighted by Crippen LogP contribution is -2.32. The SMILES string of the molecule is CCCC1(CNCC(C)C(=O)OCC)CC1. The predicted octanol–water partition coefficient (Wildman–Crippen LogP) is 2.36. The van der Waals surface area contributed by atoms with Crippen molar-refractivity contribution in [3.05, 3.63) is 0 Å². The third kappa shape index (κ3) is 4.12. The van der Waals surface area contributed by atoms with E-state index in [4.69, 9.17) is 4.74 Å². The number of ether oxygens (including phenoxy) is 1. The van der Waals surface area contributed by atoms with Gasteiger partial charge in [0.15, 0.2) is 0 Å². The first-order valence-electron chi connectivity index (χ1n) is 6.51. The van der Waals surface area contributed by atoms with Gasteiger partial charge in [0.1, 0.15) is 0 Å². The molecule has 0 aromatic rings. The molecule has 1 aliphatic rings. The summed E-state index contributed by atoms with van der Waals surface area (Å²) in [5, 5.41) is 3.41. The van der Waals surface area contributed by atoms with Crippen LogP contribution in [0.25, 0.3) is 0 Å². The van der Waals surface area contributed by atoms with Crippen LogP contribution in [0.4, 0.5) is 0 Å². The normalized spacial score (nSPS) is 19.2. The molecule has 0 radical (unpaired) electrons. The summed E-state index contributed by atoms with van der Waals surface area (Å²) in [5.41, 5.74) is 0.559. The minimum Gasteiger partial charge on any atom is -0.466 e. The Labute approximate surface area is 98.9 Å². The van der Waals surface area contributed by atoms with Crippen molar-refractivity contribution < 1.29 is 9.53 Å². The van der Waals surface area contributed by atoms with E-state index in [1.165, 1.54) is 25.7 Å². The van der Waals surface area contributed by atoms with E-state index < -0.39 is 0 Å². The highest BCUT2D eigenvalue weighted by Crippen LogP contribution is 2.48. The van der Waals surface area contributed by atoms with Crippen LogP contribution in [0.5, 0.6) is 0 Å². The molecule has 0 amide bonds. The first-order valence-corrected chi connectivity index (χ1v) is 6.51. The second-order valence-corrected chi connectivity index (χ2v) is 5.03. The summed E-state index contributed by atoms with van der Waals surface area (Å²) in [7, 11) is 0. The van der Waals surface area contributed by atoms with Crippen LogP contribution in [0, 0.1) is 11.3 Å². The molecule has 1 saturated carbocycles. The third-order valence-corrected chi connectivity index (χ3v) is 3.38. The van der Waals surface area contributed by atoms with Crippen molar-refractivity contribution in [3.8, 4) is 0 Å². The monoisotopic (exact) mass is 227 g/mol. The summed E-state index contributed by atoms with van der Waals surface area (Å²) in [6, 6.07) is 0. The van der Waals surface area contributed by atoms with Gasteiger partial charge in [-0.05, 0) is 31.6 Å². The van der Waals surface area contributed by atoms with Crippen LogP contribution < -0.4 is 5.32 Å². The van der Waals surface area contributed by atoms with Crippen LogP contribution in [-0.4, -0.2) is 25.7 Å². The molecule has 1 fully saturated rings. The Balaban J connectivity index is 2.13. The fraction of sp³-hybridized carbons (Fsp3) is 0.923. The molecule has 1 atom stereocenters. The fourth-order valence-electron chi connectivity index (χ4n) is 2.14. The summed E-state index contributed by atoms with van der Waals surface area (Å²) in [6.07, 6.45) is 5.27. The highest BCUT2D eigenvalue weighted by Gasteiger charge is 2.40. The van der Waals surface area contributed by atoms with Gasteiger partial charge >= 0.3 is 5.97 Å². The molecule has 1 rings (SSSR count). The highest BCUT2D eigenvalue weighted by molar-refractivity contribution is 5.72. The minimum absolute atomic E-state index is 0.0302. The Kier molecular flexibility index (Phi) is 5.26. The molecule has 0 aromatic heterocycles. The van der Waals surface area contributed by atoms with Crippen molar-refractivity contribution in [1.29, 1.82) is 0 Å². The minimum atomic E-state index is -0.0876. The van der Waals surface area contributed by atoms with Crippen LogP contribution in [-0.2, 0) is 9.53 Å². The molecule has 0 spiro atoms. The standard InChI is InChI=1S/C13H25NO2/c1-4-6-13(7-8-13)10-14-9-11(3)12(15)16-5-2/h11,14H,4-10H2,1-3H3. The molecule has 3 heteroatoms. The molecular formula is C13H25NO2. The highest BCUT2D eigenvalue weighted by atomic mass is 16.5. The van der Waals surface area contributed by atoms with Crippen LogP contribution in [0.2, 0.25) is 0 Å². The van der Waals surface area contributed by atoms with Gasteiger partial charge in [-0.15, -0.1) is 0 Å². The lowest BCUT2D eigenvalue weighted by atomic mass is 10.0. The Morgan fingerprint density at radius 2 is 2.12 bits per heavy atom. The van der Waals surface area contributed by atoms with E-state index in [-0.39, 0.29) is 11.9 Å². The van der Waals surface area contributed by atoms with Crippen molar-refractivity contribution in [3.63, 3.8) is 0 Å². The maximum absolute atomic E-state index is 11.4. The number of esters is 1. The van der Waals surface area contributed by atoms with Gasteiger partial charge in [0.05, 0.1) is 12.5 Å². The number of carbonyl (C=O) groups excluding carboxylic acids is 1. The third-order valence-electron chi connectivity index (χ3n) is 3.38. The lowest BCUT2D eigenvalue weighted by Gasteiger charge is -2.17. The molecule has 1 unspecified atom stereocenters. The van der Waals surface area contributed by atoms with Crippen LogP contribution >= 0.6 is 0 Å². The summed E-state index contributed by atoms with van der Waals surface area (Å²) in [5.74, 6) is -0.118. The Hall–Kier alpha value is -0.570. The van der Waals surface area contributed by atoms with Crippen molar-refractivity contribution >= 4 is 5.97 Å². The number of nitrogens with one attached hydrogen (secondary N) is 1. The Morgan fingerprint density at radius 1 is 1.44 bits per heavy atom. The number of hydrogen-bond acceptors (Lipinski definition) is 3. The van der Waals surface area contributed by atoms with Crippen LogP contribution in [0.1, 0.15) is 46.5 Å². The van der Waals surface area contributed by atoms with E-state index in [9.17, 15) is 4.79 Å². The number of rotatable bonds is 8. The second-order valence-electron chi connectivity index (χ2n) is 5.03. The van der Waals surface area contributed by atoms with Crippen molar-refractivity contribution in [2.75, 3.05) is 19.7 Å². The van der Waals surface area contributed by atoms with Crippen molar-refractivity contribution in [2.45, 2.75) is 46.5 Å². The zero-order chi connectivity index (χ0) is 12.0. The average molecular weight is 227 g/mol. The largest absolute Gasteiger partial charge is 0.466 e. The topological polar surface area (TPSA) is 38.3 Å². The fourth-order valence-corrected chi connectivity index (χ4v) is 2.14. The van der Waals surface area contributed by atoms with Gasteiger partial charge in [-0.2, -0.15) is 0 Å². The number of carbonyl (C=O) groups is 1. The Bertz CT molecular complexity index is 224. The summed E-state index contributed by atoms with van der Waals surface area (Å²) < 4.78 is 4.97. The first-order chi connectivity index (χ1) is 7.63. The quantitative estimate of drug-likeness (QED) is 0.647. The maximum atomic E-state index is 11.4. The Morgan fingerprint density at radius 3 is 2.62 bits per heavy atom. The molecule has 0 bridgehead atoms. The van der Waals surface area contributed by atoms with E-state index in [0.717, 1.165) is 13.1 Å². The lowest BCUT2D eigenvalue weighted by molar-refractivity contribution is -0.147. The molecular weight excluding hydrogens is 202 g/mol. The molecule has 1 N–H and O–H groups in total. The summed E-state index contributed by atoms with van der Waals surface area (Å²) in [6.45, 7) is 8.28. The smallest absolute Gasteiger partial charge is 0.309 e. The predicted molar refractivity (Wildman–Crippen MR) is 65.2 cm³/mol. The zero-order valence-electron chi connectivity index (χ0n) is 10.8. The molecule has 0 aliphatic heterocycles. The van der Waals surface area contributed by atoms with Gasteiger partial charge in [-0.3, -0.25) is 4.79 Å². The molecule has 16 heavy (non-hydrogen) atoms. The van der Waals surface area contributed by atoms with E-state index in [1.807, 2.05) is 13.8 Å². The van der Waals surface area contributed by atoms with Gasteiger partial charge in [0.25, 0.3) is 0 Å². The first kappa shape index (κ1) is 13.5. The van der Waals surface area contributed by atoms with Gasteiger partial charge in [0.2, 0.25) is 0 Å². The molecule has 0 aromatic carbocycles. The molecule has 3 nitrogen and oxygen atoms in total. The zero-order valence-corrected chi connectivity index (χ0v) is 10.8. The van der Waals surface area contributed by atoms with E-state index in [2.05, 4.69) is 12.2 Å². The maximum Gasteiger partial charge on any atom is 0.309 e. The summed E-state index contributed by atoms with van der Waals surface area (Å²) in [4.78, 5) is 11.4. The molecule has 94 valence electrons. The van der Waals surface area contributed by atoms with E-state index >= 15 is 0 Å². The van der Waals surface area contributed by atoms with Gasteiger partial charge in [-0.1, -0.05) is 20.3 Å². The van der Waals surface area contributed by atoms with Crippen molar-refractivity contribution in [1.82, 2.24) is 5.32 Å². The van der Waals surface area contributed by atoms with Crippen LogP contribution in [0.15, 0.2) is 0 Å².